The van der Waals surface area contributed by atoms with E-state index in [1.165, 1.54) is 44.9 Å². The van der Waals surface area contributed by atoms with Crippen LogP contribution in [0.25, 0.3) is 16.8 Å². The fourth-order valence-corrected chi connectivity index (χ4v) is 6.48. The Labute approximate surface area is 274 Å². The van der Waals surface area contributed by atoms with Crippen molar-refractivity contribution in [3.8, 4) is 17.2 Å². The molecule has 1 aliphatic rings. The van der Waals surface area contributed by atoms with Gasteiger partial charge in [-0.05, 0) is 54.6 Å². The number of rotatable bonds is 16. The lowest BCUT2D eigenvalue weighted by atomic mass is 9.82. The van der Waals surface area contributed by atoms with Crippen LogP contribution >= 0.6 is 0 Å². The van der Waals surface area contributed by atoms with Gasteiger partial charge in [-0.25, -0.2) is 0 Å². The van der Waals surface area contributed by atoms with Crippen molar-refractivity contribution in [2.75, 3.05) is 14.2 Å². The number of hydrogen-bond donors (Lipinski definition) is 0. The summed E-state index contributed by atoms with van der Waals surface area (Å²) in [4.78, 5) is 12.9. The summed E-state index contributed by atoms with van der Waals surface area (Å²) in [5, 5.41) is 2.11. The standard InChI is InChI=1S/C41H48O5/c1-5-6-7-8-9-10-11-12-13-18-39(42)45-29-38-30(2)35-16-14-15-17-36(35)40-37(38)27-28-41(46-40,31-19-23-33(43-3)24-20-31)32-21-25-34(44-4)26-22-32/h14-17,19-28H,5-13,18,29H2,1-4H3. The minimum Gasteiger partial charge on any atom is -0.497 e. The maximum Gasteiger partial charge on any atom is 0.306 e. The van der Waals surface area contributed by atoms with Gasteiger partial charge in [-0.3, -0.25) is 4.79 Å². The summed E-state index contributed by atoms with van der Waals surface area (Å²) in [5.74, 6) is 2.19. The quantitative estimate of drug-likeness (QED) is 0.0921. The third-order valence-corrected chi connectivity index (χ3v) is 9.25. The van der Waals surface area contributed by atoms with Crippen LogP contribution in [-0.2, 0) is 21.7 Å². The second kappa shape index (κ2) is 15.8. The van der Waals surface area contributed by atoms with E-state index in [1.807, 2.05) is 60.7 Å². The van der Waals surface area contributed by atoms with Gasteiger partial charge in [-0.15, -0.1) is 0 Å². The normalized spacial score (nSPS) is 13.2. The lowest BCUT2D eigenvalue weighted by Gasteiger charge is -2.37. The first kappa shape index (κ1) is 33.1. The Morgan fingerprint density at radius 1 is 0.717 bits per heavy atom. The molecule has 4 aromatic rings. The van der Waals surface area contributed by atoms with Crippen LogP contribution in [0.1, 0.15) is 98.9 Å². The Morgan fingerprint density at radius 3 is 1.83 bits per heavy atom. The number of methoxy groups -OCH3 is 2. The van der Waals surface area contributed by atoms with Crippen LogP contribution < -0.4 is 14.2 Å². The monoisotopic (exact) mass is 620 g/mol. The molecule has 1 aliphatic heterocycles. The van der Waals surface area contributed by atoms with Gasteiger partial charge in [0.25, 0.3) is 0 Å². The SMILES string of the molecule is CCCCCCCCCCCC(=O)OCc1c2c(c3ccccc3c1C)OC(c1ccc(OC)cc1)(c1ccc(OC)cc1)C=C2. The molecule has 5 rings (SSSR count). The Morgan fingerprint density at radius 2 is 1.26 bits per heavy atom. The molecule has 242 valence electrons. The summed E-state index contributed by atoms with van der Waals surface area (Å²) >= 11 is 0. The number of unbranched alkanes of at least 4 members (excludes halogenated alkanes) is 8. The summed E-state index contributed by atoms with van der Waals surface area (Å²) in [6, 6.07) is 24.3. The highest BCUT2D eigenvalue weighted by Crippen LogP contribution is 2.48. The van der Waals surface area contributed by atoms with E-state index < -0.39 is 5.60 Å². The number of fused-ring (bicyclic) bond motifs is 3. The van der Waals surface area contributed by atoms with E-state index in [4.69, 9.17) is 18.9 Å². The first-order chi connectivity index (χ1) is 22.5. The molecule has 0 saturated carbocycles. The number of benzene rings is 4. The highest BCUT2D eigenvalue weighted by atomic mass is 16.5. The van der Waals surface area contributed by atoms with E-state index in [2.05, 4.69) is 38.1 Å². The minimum atomic E-state index is -0.895. The first-order valence-electron chi connectivity index (χ1n) is 16.9. The van der Waals surface area contributed by atoms with Crippen LogP contribution in [-0.4, -0.2) is 20.2 Å². The van der Waals surface area contributed by atoms with Gasteiger partial charge in [0.2, 0.25) is 0 Å². The van der Waals surface area contributed by atoms with Crippen LogP contribution in [0.4, 0.5) is 0 Å². The van der Waals surface area contributed by atoms with E-state index >= 15 is 0 Å². The number of ether oxygens (including phenoxy) is 4. The molecule has 0 unspecified atom stereocenters. The Hall–Kier alpha value is -4.25. The maximum atomic E-state index is 12.9. The van der Waals surface area contributed by atoms with Crippen molar-refractivity contribution >= 4 is 22.8 Å². The minimum absolute atomic E-state index is 0.143. The summed E-state index contributed by atoms with van der Waals surface area (Å²) < 4.78 is 24.0. The van der Waals surface area contributed by atoms with E-state index in [0.29, 0.717) is 6.42 Å². The van der Waals surface area contributed by atoms with Crippen molar-refractivity contribution in [3.63, 3.8) is 0 Å². The number of aryl methyl sites for hydroxylation is 1. The van der Waals surface area contributed by atoms with Gasteiger partial charge < -0.3 is 18.9 Å². The summed E-state index contributed by atoms with van der Waals surface area (Å²) in [6.07, 6.45) is 15.7. The maximum absolute atomic E-state index is 12.9. The molecule has 4 aromatic carbocycles. The summed E-state index contributed by atoms with van der Waals surface area (Å²) in [7, 11) is 3.33. The molecule has 46 heavy (non-hydrogen) atoms. The fourth-order valence-electron chi connectivity index (χ4n) is 6.48. The van der Waals surface area contributed by atoms with Crippen LogP contribution in [0.5, 0.6) is 17.2 Å². The first-order valence-corrected chi connectivity index (χ1v) is 16.9. The van der Waals surface area contributed by atoms with Crippen molar-refractivity contribution in [2.45, 2.75) is 90.3 Å². The third-order valence-electron chi connectivity index (χ3n) is 9.25. The second-order valence-electron chi connectivity index (χ2n) is 12.3. The van der Waals surface area contributed by atoms with Crippen molar-refractivity contribution in [3.05, 3.63) is 107 Å². The molecule has 0 aliphatic carbocycles. The molecular weight excluding hydrogens is 572 g/mol. The van der Waals surface area contributed by atoms with Crippen molar-refractivity contribution in [1.82, 2.24) is 0 Å². The van der Waals surface area contributed by atoms with Gasteiger partial charge in [0.05, 0.1) is 14.2 Å². The van der Waals surface area contributed by atoms with Gasteiger partial charge in [0, 0.05) is 34.1 Å². The second-order valence-corrected chi connectivity index (χ2v) is 12.3. The van der Waals surface area contributed by atoms with Crippen LogP contribution in [0.3, 0.4) is 0 Å². The van der Waals surface area contributed by atoms with Crippen LogP contribution in [0, 0.1) is 6.92 Å². The molecule has 1 heterocycles. The molecular formula is C41H48O5. The average molecular weight is 621 g/mol. The highest BCUT2D eigenvalue weighted by molar-refractivity contribution is 5.96. The molecule has 0 radical (unpaired) electrons. The molecule has 0 aromatic heterocycles. The van der Waals surface area contributed by atoms with Crippen molar-refractivity contribution in [1.29, 1.82) is 0 Å². The number of hydrogen-bond acceptors (Lipinski definition) is 5. The van der Waals surface area contributed by atoms with E-state index in [0.717, 1.165) is 68.7 Å². The molecule has 0 saturated heterocycles. The predicted octanol–water partition coefficient (Wildman–Crippen LogP) is 10.5. The van der Waals surface area contributed by atoms with Crippen LogP contribution in [0.2, 0.25) is 0 Å². The van der Waals surface area contributed by atoms with E-state index in [9.17, 15) is 4.79 Å². The summed E-state index contributed by atoms with van der Waals surface area (Å²) in [5.41, 5.74) is 4.07. The van der Waals surface area contributed by atoms with Gasteiger partial charge in [0.15, 0.2) is 5.60 Å². The molecule has 0 amide bonds. The molecule has 5 heteroatoms. The van der Waals surface area contributed by atoms with Gasteiger partial charge >= 0.3 is 5.97 Å². The van der Waals surface area contributed by atoms with Crippen molar-refractivity contribution in [2.24, 2.45) is 0 Å². The van der Waals surface area contributed by atoms with Crippen LogP contribution in [0.15, 0.2) is 78.9 Å². The number of carbonyl (C=O) groups excluding carboxylic acids is 1. The fraction of sp³-hybridized carbons (Fsp3) is 0.390. The zero-order valence-corrected chi connectivity index (χ0v) is 27.9. The Kier molecular flexibility index (Phi) is 11.4. The lowest BCUT2D eigenvalue weighted by Crippen LogP contribution is -2.34. The van der Waals surface area contributed by atoms with E-state index in [-0.39, 0.29) is 12.6 Å². The topological polar surface area (TPSA) is 54.0 Å². The molecule has 0 bridgehead atoms. The molecule has 0 atom stereocenters. The number of esters is 1. The molecule has 5 nitrogen and oxygen atoms in total. The molecule has 0 fully saturated rings. The lowest BCUT2D eigenvalue weighted by molar-refractivity contribution is -0.145. The van der Waals surface area contributed by atoms with Crippen molar-refractivity contribution < 1.29 is 23.7 Å². The average Bonchev–Trinajstić information content (AvgIpc) is 3.11. The smallest absolute Gasteiger partial charge is 0.306 e. The van der Waals surface area contributed by atoms with Gasteiger partial charge in [0.1, 0.15) is 23.9 Å². The zero-order valence-electron chi connectivity index (χ0n) is 27.9. The molecule has 0 spiro atoms. The van der Waals surface area contributed by atoms with Gasteiger partial charge in [-0.2, -0.15) is 0 Å². The largest absolute Gasteiger partial charge is 0.497 e. The Balaban J connectivity index is 1.39. The third kappa shape index (κ3) is 7.41. The number of carbonyl (C=O) groups is 1. The van der Waals surface area contributed by atoms with Gasteiger partial charge in [-0.1, -0.05) is 113 Å². The molecule has 0 N–H and O–H groups in total. The summed E-state index contributed by atoms with van der Waals surface area (Å²) in [6.45, 7) is 4.56. The highest BCUT2D eigenvalue weighted by Gasteiger charge is 2.39. The Bertz CT molecular complexity index is 1570. The zero-order chi connectivity index (χ0) is 32.4. The predicted molar refractivity (Wildman–Crippen MR) is 187 cm³/mol. The van der Waals surface area contributed by atoms with E-state index in [1.54, 1.807) is 14.2 Å².